The Labute approximate surface area is 70.2 Å². The third-order valence-corrected chi connectivity index (χ3v) is 1.90. The lowest BCUT2D eigenvalue weighted by Gasteiger charge is -2.13. The monoisotopic (exact) mass is 163 g/mol. The molecule has 0 atom stereocenters. The highest BCUT2D eigenvalue weighted by Crippen LogP contribution is 2.13. The SMILES string of the molecule is O=C1CCN(c2cnccn2)C1. The van der Waals surface area contributed by atoms with E-state index in [0.717, 1.165) is 12.4 Å². The quantitative estimate of drug-likeness (QED) is 0.595. The van der Waals surface area contributed by atoms with E-state index in [1.807, 2.05) is 4.90 Å². The Morgan fingerprint density at radius 1 is 1.42 bits per heavy atom. The maximum absolute atomic E-state index is 10.9. The predicted octanol–water partition coefficient (Wildman–Crippen LogP) is 0.256. The zero-order valence-corrected chi connectivity index (χ0v) is 6.60. The van der Waals surface area contributed by atoms with Crippen LogP contribution in [0.4, 0.5) is 5.82 Å². The van der Waals surface area contributed by atoms with Crippen molar-refractivity contribution in [3.8, 4) is 0 Å². The average Bonchev–Trinajstić information content (AvgIpc) is 2.54. The van der Waals surface area contributed by atoms with Crippen LogP contribution in [0, 0.1) is 0 Å². The molecular weight excluding hydrogens is 154 g/mol. The molecule has 4 heteroatoms. The van der Waals surface area contributed by atoms with Crippen LogP contribution < -0.4 is 4.90 Å². The fourth-order valence-electron chi connectivity index (χ4n) is 1.28. The summed E-state index contributed by atoms with van der Waals surface area (Å²) in [4.78, 5) is 20.9. The normalized spacial score (nSPS) is 17.0. The summed E-state index contributed by atoms with van der Waals surface area (Å²) < 4.78 is 0. The van der Waals surface area contributed by atoms with Gasteiger partial charge in [0.2, 0.25) is 0 Å². The Hall–Kier alpha value is -1.45. The van der Waals surface area contributed by atoms with Gasteiger partial charge in [0.25, 0.3) is 0 Å². The fourth-order valence-corrected chi connectivity index (χ4v) is 1.28. The summed E-state index contributed by atoms with van der Waals surface area (Å²) in [6.45, 7) is 1.26. The molecular formula is C8H9N3O. The Kier molecular flexibility index (Phi) is 1.74. The average molecular weight is 163 g/mol. The first kappa shape index (κ1) is 7.21. The molecule has 0 amide bonds. The predicted molar refractivity (Wildman–Crippen MR) is 43.9 cm³/mol. The van der Waals surface area contributed by atoms with Gasteiger partial charge in [-0.15, -0.1) is 0 Å². The molecule has 62 valence electrons. The molecule has 1 saturated heterocycles. The van der Waals surface area contributed by atoms with E-state index < -0.39 is 0 Å². The fraction of sp³-hybridized carbons (Fsp3) is 0.375. The summed E-state index contributed by atoms with van der Waals surface area (Å²) in [6.07, 6.45) is 5.58. The van der Waals surface area contributed by atoms with Crippen LogP contribution in [0.15, 0.2) is 18.6 Å². The van der Waals surface area contributed by atoms with Crippen molar-refractivity contribution in [2.24, 2.45) is 0 Å². The van der Waals surface area contributed by atoms with E-state index in [2.05, 4.69) is 9.97 Å². The number of nitrogens with zero attached hydrogens (tertiary/aromatic N) is 3. The molecule has 0 aliphatic carbocycles. The van der Waals surface area contributed by atoms with Crippen molar-refractivity contribution in [3.63, 3.8) is 0 Å². The van der Waals surface area contributed by atoms with Crippen LogP contribution in [0.1, 0.15) is 6.42 Å². The first-order valence-electron chi connectivity index (χ1n) is 3.89. The van der Waals surface area contributed by atoms with Gasteiger partial charge >= 0.3 is 0 Å². The van der Waals surface area contributed by atoms with Gasteiger partial charge in [-0.2, -0.15) is 0 Å². The van der Waals surface area contributed by atoms with Gasteiger partial charge in [0.05, 0.1) is 12.7 Å². The second kappa shape index (κ2) is 2.89. The molecule has 0 radical (unpaired) electrons. The van der Waals surface area contributed by atoms with E-state index in [1.165, 1.54) is 0 Å². The topological polar surface area (TPSA) is 46.1 Å². The molecule has 0 N–H and O–H groups in total. The molecule has 0 bridgehead atoms. The second-order valence-electron chi connectivity index (χ2n) is 2.77. The number of hydrogen-bond acceptors (Lipinski definition) is 4. The molecule has 2 heterocycles. The minimum atomic E-state index is 0.278. The zero-order chi connectivity index (χ0) is 8.39. The van der Waals surface area contributed by atoms with Crippen LogP contribution in [-0.2, 0) is 4.79 Å². The lowest BCUT2D eigenvalue weighted by atomic mass is 10.4. The summed E-state index contributed by atoms with van der Waals surface area (Å²) in [7, 11) is 0. The Morgan fingerprint density at radius 2 is 2.33 bits per heavy atom. The number of carbonyl (C=O) groups is 1. The maximum atomic E-state index is 10.9. The maximum Gasteiger partial charge on any atom is 0.153 e. The van der Waals surface area contributed by atoms with Crippen LogP contribution in [0.3, 0.4) is 0 Å². The number of rotatable bonds is 1. The lowest BCUT2D eigenvalue weighted by molar-refractivity contribution is -0.116. The van der Waals surface area contributed by atoms with Gasteiger partial charge in [-0.1, -0.05) is 0 Å². The molecule has 12 heavy (non-hydrogen) atoms. The van der Waals surface area contributed by atoms with Crippen molar-refractivity contribution in [1.82, 2.24) is 9.97 Å². The van der Waals surface area contributed by atoms with E-state index in [1.54, 1.807) is 18.6 Å². The molecule has 0 unspecified atom stereocenters. The molecule has 0 spiro atoms. The first-order chi connectivity index (χ1) is 5.86. The van der Waals surface area contributed by atoms with E-state index in [-0.39, 0.29) is 5.78 Å². The van der Waals surface area contributed by atoms with Crippen molar-refractivity contribution in [1.29, 1.82) is 0 Å². The largest absolute Gasteiger partial charge is 0.348 e. The smallest absolute Gasteiger partial charge is 0.153 e. The summed E-state index contributed by atoms with van der Waals surface area (Å²) in [6, 6.07) is 0. The van der Waals surface area contributed by atoms with E-state index in [4.69, 9.17) is 0 Å². The zero-order valence-electron chi connectivity index (χ0n) is 6.60. The van der Waals surface area contributed by atoms with Crippen LogP contribution >= 0.6 is 0 Å². The highest BCUT2D eigenvalue weighted by atomic mass is 16.1. The molecule has 1 aliphatic rings. The van der Waals surface area contributed by atoms with E-state index in [9.17, 15) is 4.79 Å². The minimum Gasteiger partial charge on any atom is -0.348 e. The van der Waals surface area contributed by atoms with E-state index >= 15 is 0 Å². The molecule has 1 aromatic heterocycles. The van der Waals surface area contributed by atoms with Crippen molar-refractivity contribution in [2.75, 3.05) is 18.0 Å². The number of aromatic nitrogens is 2. The van der Waals surface area contributed by atoms with Gasteiger partial charge in [-0.3, -0.25) is 9.78 Å². The minimum absolute atomic E-state index is 0.278. The second-order valence-corrected chi connectivity index (χ2v) is 2.77. The third kappa shape index (κ3) is 1.28. The van der Waals surface area contributed by atoms with Gasteiger partial charge in [0.1, 0.15) is 5.82 Å². The number of anilines is 1. The van der Waals surface area contributed by atoms with Gasteiger partial charge in [0, 0.05) is 25.4 Å². The van der Waals surface area contributed by atoms with Crippen molar-refractivity contribution in [3.05, 3.63) is 18.6 Å². The summed E-state index contributed by atoms with van der Waals surface area (Å²) in [5, 5.41) is 0. The van der Waals surface area contributed by atoms with Crippen LogP contribution in [-0.4, -0.2) is 28.8 Å². The highest BCUT2D eigenvalue weighted by molar-refractivity contribution is 5.86. The number of carbonyl (C=O) groups excluding carboxylic acids is 1. The Bertz CT molecular complexity index is 286. The summed E-state index contributed by atoms with van der Waals surface area (Å²) >= 11 is 0. The summed E-state index contributed by atoms with van der Waals surface area (Å²) in [5.41, 5.74) is 0. The molecule has 2 rings (SSSR count). The molecule has 0 saturated carbocycles. The Balaban J connectivity index is 2.16. The van der Waals surface area contributed by atoms with Crippen molar-refractivity contribution in [2.45, 2.75) is 6.42 Å². The molecule has 4 nitrogen and oxygen atoms in total. The van der Waals surface area contributed by atoms with Crippen molar-refractivity contribution < 1.29 is 4.79 Å². The molecule has 1 aromatic rings. The molecule has 1 aliphatic heterocycles. The van der Waals surface area contributed by atoms with Gasteiger partial charge in [0.15, 0.2) is 5.78 Å². The van der Waals surface area contributed by atoms with Crippen LogP contribution in [0.25, 0.3) is 0 Å². The standard InChI is InChI=1S/C8H9N3O/c12-7-1-4-11(6-7)8-5-9-2-3-10-8/h2-3,5H,1,4,6H2. The molecule has 1 fully saturated rings. The number of Topliss-reactive ketones (excluding diaryl/α,β-unsaturated/α-hetero) is 1. The summed E-state index contributed by atoms with van der Waals surface area (Å²) in [5.74, 6) is 1.07. The van der Waals surface area contributed by atoms with Gasteiger partial charge in [-0.25, -0.2) is 4.98 Å². The van der Waals surface area contributed by atoms with E-state index in [0.29, 0.717) is 13.0 Å². The van der Waals surface area contributed by atoms with Gasteiger partial charge < -0.3 is 4.90 Å². The third-order valence-electron chi connectivity index (χ3n) is 1.90. The molecule has 0 aromatic carbocycles. The number of ketones is 1. The lowest BCUT2D eigenvalue weighted by Crippen LogP contribution is -2.20. The van der Waals surface area contributed by atoms with Crippen LogP contribution in [0.2, 0.25) is 0 Å². The van der Waals surface area contributed by atoms with Crippen LogP contribution in [0.5, 0.6) is 0 Å². The Morgan fingerprint density at radius 3 is 2.92 bits per heavy atom. The van der Waals surface area contributed by atoms with Crippen molar-refractivity contribution >= 4 is 11.6 Å². The van der Waals surface area contributed by atoms with Gasteiger partial charge in [-0.05, 0) is 0 Å². The number of hydrogen-bond donors (Lipinski definition) is 0. The highest BCUT2D eigenvalue weighted by Gasteiger charge is 2.19. The first-order valence-corrected chi connectivity index (χ1v) is 3.89.